The number of rotatable bonds is 4. The molecule has 2 rings (SSSR count). The molecule has 1 atom stereocenters. The van der Waals surface area contributed by atoms with E-state index in [1.807, 2.05) is 0 Å². The summed E-state index contributed by atoms with van der Waals surface area (Å²) >= 11 is 0. The maximum atomic E-state index is 12.0. The van der Waals surface area contributed by atoms with E-state index in [0.29, 0.717) is 26.1 Å². The highest BCUT2D eigenvalue weighted by molar-refractivity contribution is 5.86. The van der Waals surface area contributed by atoms with E-state index >= 15 is 0 Å². The normalized spacial score (nSPS) is 24.6. The molecule has 0 spiro atoms. The van der Waals surface area contributed by atoms with Crippen LogP contribution in [0.15, 0.2) is 0 Å². The van der Waals surface area contributed by atoms with Crippen LogP contribution in [0.3, 0.4) is 0 Å². The summed E-state index contributed by atoms with van der Waals surface area (Å²) in [6.07, 6.45) is 5.01. The number of carbonyl (C=O) groups is 1. The Labute approximate surface area is 109 Å². The molecule has 2 aliphatic rings. The molecule has 1 amide bonds. The van der Waals surface area contributed by atoms with Crippen LogP contribution in [0.25, 0.3) is 0 Å². The summed E-state index contributed by atoms with van der Waals surface area (Å²) in [7, 11) is 0. The van der Waals surface area contributed by atoms with Gasteiger partial charge in [-0.15, -0.1) is 12.4 Å². The number of amides is 1. The number of carbonyl (C=O) groups excluding carboxylic acids is 1. The zero-order valence-corrected chi connectivity index (χ0v) is 11.2. The number of hydrogen-bond donors (Lipinski definition) is 2. The van der Waals surface area contributed by atoms with Gasteiger partial charge in [0.25, 0.3) is 0 Å². The molecule has 1 unspecified atom stereocenters. The van der Waals surface area contributed by atoms with Gasteiger partial charge in [0.05, 0.1) is 5.54 Å². The molecule has 4 nitrogen and oxygen atoms in total. The van der Waals surface area contributed by atoms with Crippen molar-refractivity contribution in [2.24, 2.45) is 11.7 Å². The smallest absolute Gasteiger partial charge is 0.240 e. The largest absolute Gasteiger partial charge is 0.381 e. The first-order valence-electron chi connectivity index (χ1n) is 6.28. The zero-order valence-electron chi connectivity index (χ0n) is 10.4. The molecule has 0 aromatic carbocycles. The maximum absolute atomic E-state index is 12.0. The third kappa shape index (κ3) is 4.12. The summed E-state index contributed by atoms with van der Waals surface area (Å²) in [5.41, 5.74) is 5.41. The molecule has 100 valence electrons. The number of hydrogen-bond acceptors (Lipinski definition) is 3. The van der Waals surface area contributed by atoms with Gasteiger partial charge in [-0.2, -0.15) is 0 Å². The summed E-state index contributed by atoms with van der Waals surface area (Å²) in [5, 5.41) is 3.04. The van der Waals surface area contributed by atoms with Crippen LogP contribution in [0.4, 0.5) is 0 Å². The fourth-order valence-corrected chi connectivity index (χ4v) is 2.24. The predicted molar refractivity (Wildman–Crippen MR) is 69.2 cm³/mol. The van der Waals surface area contributed by atoms with Gasteiger partial charge in [-0.25, -0.2) is 0 Å². The average molecular weight is 263 g/mol. The minimum absolute atomic E-state index is 0. The molecule has 1 saturated carbocycles. The first kappa shape index (κ1) is 14.7. The Morgan fingerprint density at radius 1 is 1.47 bits per heavy atom. The minimum atomic E-state index is -0.698. The van der Waals surface area contributed by atoms with Crippen LogP contribution in [0.1, 0.15) is 39.0 Å². The Bertz CT molecular complexity index is 263. The van der Waals surface area contributed by atoms with E-state index in [9.17, 15) is 4.79 Å². The van der Waals surface area contributed by atoms with E-state index in [0.717, 1.165) is 12.3 Å². The molecule has 2 fully saturated rings. The van der Waals surface area contributed by atoms with Crippen LogP contribution in [-0.2, 0) is 9.53 Å². The van der Waals surface area contributed by atoms with Crippen LogP contribution in [0, 0.1) is 5.92 Å². The number of halogens is 1. The lowest BCUT2D eigenvalue weighted by Gasteiger charge is -2.33. The Morgan fingerprint density at radius 3 is 2.59 bits per heavy atom. The summed E-state index contributed by atoms with van der Waals surface area (Å²) in [4.78, 5) is 12.0. The molecule has 0 aromatic rings. The van der Waals surface area contributed by atoms with Crippen molar-refractivity contribution in [1.29, 1.82) is 0 Å². The van der Waals surface area contributed by atoms with Crippen LogP contribution < -0.4 is 11.1 Å². The first-order valence-corrected chi connectivity index (χ1v) is 6.28. The molecular formula is C12H23ClN2O2. The highest BCUT2D eigenvalue weighted by Crippen LogP contribution is 2.33. The van der Waals surface area contributed by atoms with E-state index in [-0.39, 0.29) is 24.4 Å². The molecule has 5 heteroatoms. The van der Waals surface area contributed by atoms with Gasteiger partial charge >= 0.3 is 0 Å². The third-order valence-electron chi connectivity index (χ3n) is 3.60. The summed E-state index contributed by atoms with van der Waals surface area (Å²) < 4.78 is 5.23. The van der Waals surface area contributed by atoms with E-state index in [1.165, 1.54) is 12.8 Å². The van der Waals surface area contributed by atoms with Crippen LogP contribution in [-0.4, -0.2) is 30.7 Å². The molecular weight excluding hydrogens is 240 g/mol. The minimum Gasteiger partial charge on any atom is -0.381 e. The standard InChI is InChI=1S/C12H22N2O2.ClH/c1-9(8-10-2-3-10)14-11(15)12(13)4-6-16-7-5-12;/h9-10H,2-8,13H2,1H3,(H,14,15);1H. The van der Waals surface area contributed by atoms with Gasteiger partial charge in [0.1, 0.15) is 0 Å². The molecule has 17 heavy (non-hydrogen) atoms. The van der Waals surface area contributed by atoms with E-state index < -0.39 is 5.54 Å². The third-order valence-corrected chi connectivity index (χ3v) is 3.60. The lowest BCUT2D eigenvalue weighted by Crippen LogP contribution is -2.58. The number of ether oxygens (including phenoxy) is 1. The van der Waals surface area contributed by atoms with Gasteiger partial charge in [0.15, 0.2) is 0 Å². The van der Waals surface area contributed by atoms with Crippen molar-refractivity contribution in [3.05, 3.63) is 0 Å². The molecule has 3 N–H and O–H groups in total. The molecule has 1 aliphatic heterocycles. The van der Waals surface area contributed by atoms with Crippen LogP contribution in [0.2, 0.25) is 0 Å². The predicted octanol–water partition coefficient (Wildman–Crippen LogP) is 1.22. The average Bonchev–Trinajstić information content (AvgIpc) is 3.02. The van der Waals surface area contributed by atoms with E-state index in [1.54, 1.807) is 0 Å². The zero-order chi connectivity index (χ0) is 11.6. The molecule has 1 heterocycles. The second-order valence-corrected chi connectivity index (χ2v) is 5.32. The van der Waals surface area contributed by atoms with Crippen molar-refractivity contribution in [1.82, 2.24) is 5.32 Å². The lowest BCUT2D eigenvalue weighted by atomic mass is 9.90. The van der Waals surface area contributed by atoms with E-state index in [2.05, 4.69) is 12.2 Å². The Balaban J connectivity index is 0.00000144. The highest BCUT2D eigenvalue weighted by atomic mass is 35.5. The second-order valence-electron chi connectivity index (χ2n) is 5.32. The molecule has 1 saturated heterocycles. The van der Waals surface area contributed by atoms with E-state index in [4.69, 9.17) is 10.5 Å². The van der Waals surface area contributed by atoms with Gasteiger partial charge < -0.3 is 15.8 Å². The van der Waals surface area contributed by atoms with Gasteiger partial charge in [-0.3, -0.25) is 4.79 Å². The van der Waals surface area contributed by atoms with Gasteiger partial charge in [-0.05, 0) is 32.1 Å². The summed E-state index contributed by atoms with van der Waals surface area (Å²) in [6.45, 7) is 3.26. The van der Waals surface area contributed by atoms with Crippen molar-refractivity contribution in [3.63, 3.8) is 0 Å². The molecule has 0 bridgehead atoms. The Kier molecular flexibility index (Phi) is 5.22. The highest BCUT2D eigenvalue weighted by Gasteiger charge is 2.36. The fraction of sp³-hybridized carbons (Fsp3) is 0.917. The van der Waals surface area contributed by atoms with Crippen molar-refractivity contribution in [2.75, 3.05) is 13.2 Å². The van der Waals surface area contributed by atoms with Crippen molar-refractivity contribution >= 4 is 18.3 Å². The SMILES string of the molecule is CC(CC1CC1)NC(=O)C1(N)CCOCC1.Cl. The van der Waals surface area contributed by atoms with Crippen molar-refractivity contribution in [3.8, 4) is 0 Å². The second kappa shape index (κ2) is 6.03. The Morgan fingerprint density at radius 2 is 2.06 bits per heavy atom. The first-order chi connectivity index (χ1) is 7.60. The summed E-state index contributed by atoms with van der Waals surface area (Å²) in [5.74, 6) is 0.836. The topological polar surface area (TPSA) is 64.4 Å². The summed E-state index contributed by atoms with van der Waals surface area (Å²) in [6, 6.07) is 0.253. The van der Waals surface area contributed by atoms with Gasteiger partial charge in [0, 0.05) is 19.3 Å². The fourth-order valence-electron chi connectivity index (χ4n) is 2.24. The molecule has 0 radical (unpaired) electrons. The van der Waals surface area contributed by atoms with Gasteiger partial charge in [0.2, 0.25) is 5.91 Å². The quantitative estimate of drug-likeness (QED) is 0.801. The van der Waals surface area contributed by atoms with Crippen LogP contribution >= 0.6 is 12.4 Å². The van der Waals surface area contributed by atoms with Crippen LogP contribution in [0.5, 0.6) is 0 Å². The molecule has 0 aromatic heterocycles. The maximum Gasteiger partial charge on any atom is 0.240 e. The van der Waals surface area contributed by atoms with Crippen molar-refractivity contribution in [2.45, 2.75) is 50.6 Å². The van der Waals surface area contributed by atoms with Gasteiger partial charge in [-0.1, -0.05) is 12.8 Å². The lowest BCUT2D eigenvalue weighted by molar-refractivity contribution is -0.130. The Hall–Kier alpha value is -0.320. The monoisotopic (exact) mass is 262 g/mol. The number of nitrogens with two attached hydrogens (primary N) is 1. The number of nitrogens with one attached hydrogen (secondary N) is 1. The van der Waals surface area contributed by atoms with Crippen molar-refractivity contribution < 1.29 is 9.53 Å². The molecule has 1 aliphatic carbocycles.